The maximum atomic E-state index is 12.8. The third-order valence-electron chi connectivity index (χ3n) is 4.49. The Labute approximate surface area is 146 Å². The van der Waals surface area contributed by atoms with Crippen LogP contribution in [0.15, 0.2) is 11.3 Å². The lowest BCUT2D eigenvalue weighted by Crippen LogP contribution is -2.35. The first-order chi connectivity index (χ1) is 11.5. The minimum absolute atomic E-state index is 0.187. The van der Waals surface area contributed by atoms with Crippen molar-refractivity contribution in [2.75, 3.05) is 19.0 Å². The number of phosphoric acid groups is 1. The summed E-state index contributed by atoms with van der Waals surface area (Å²) in [6, 6.07) is 2.28. The van der Waals surface area contributed by atoms with Crippen LogP contribution in [-0.2, 0) is 28.9 Å². The average Bonchev–Trinajstić information content (AvgIpc) is 3.02. The molecule has 0 aromatic carbocycles. The summed E-state index contributed by atoms with van der Waals surface area (Å²) < 4.78 is 41.7. The molecule has 0 bridgehead atoms. The van der Waals surface area contributed by atoms with Crippen LogP contribution in [0.1, 0.15) is 46.5 Å². The van der Waals surface area contributed by atoms with Crippen molar-refractivity contribution in [2.24, 2.45) is 11.8 Å². The Kier molecular flexibility index (Phi) is 7.06. The summed E-state index contributed by atoms with van der Waals surface area (Å²) in [5, 5.41) is 9.00. The third kappa shape index (κ3) is 4.11. The van der Waals surface area contributed by atoms with E-state index < -0.39 is 29.8 Å². The Morgan fingerprint density at radius 3 is 2.50 bits per heavy atom. The summed E-state index contributed by atoms with van der Waals surface area (Å²) in [4.78, 5) is 0. The molecule has 0 radical (unpaired) electrons. The molecule has 136 valence electrons. The van der Waals surface area contributed by atoms with Crippen LogP contribution < -0.4 is 0 Å². The van der Waals surface area contributed by atoms with E-state index in [1.54, 1.807) is 13.8 Å². The number of phosphoric ester groups is 1. The fraction of sp³-hybridized carbons (Fsp3) is 0.812. The van der Waals surface area contributed by atoms with Gasteiger partial charge in [-0.1, -0.05) is 6.92 Å². The molecule has 6 nitrogen and oxygen atoms in total. The zero-order chi connectivity index (χ0) is 17.7. The molecular formula is C16H26NO5PS. The summed E-state index contributed by atoms with van der Waals surface area (Å²) in [6.45, 7) is 5.62. The zero-order valence-electron chi connectivity index (χ0n) is 14.5. The second kappa shape index (κ2) is 8.62. The first-order valence-electron chi connectivity index (χ1n) is 8.58. The summed E-state index contributed by atoms with van der Waals surface area (Å²) in [5.41, 5.74) is 1.05. The van der Waals surface area contributed by atoms with Gasteiger partial charge in [-0.15, -0.1) is 0 Å². The molecule has 2 aliphatic carbocycles. The molecule has 0 heterocycles. The van der Waals surface area contributed by atoms with Crippen LogP contribution in [0.2, 0.25) is 0 Å². The summed E-state index contributed by atoms with van der Waals surface area (Å²) in [6.07, 6.45) is 3.51. The topological polar surface area (TPSA) is 85.6 Å². The number of hydrogen-bond donors (Lipinski definition) is 0. The predicted octanol–water partition coefficient (Wildman–Crippen LogP) is 3.92. The van der Waals surface area contributed by atoms with Crippen LogP contribution in [0.25, 0.3) is 0 Å². The van der Waals surface area contributed by atoms with Gasteiger partial charge in [0, 0.05) is 16.6 Å². The lowest BCUT2D eigenvalue weighted by Gasteiger charge is -2.34. The first kappa shape index (κ1) is 19.7. The minimum atomic E-state index is -3.76. The molecule has 4 atom stereocenters. The lowest BCUT2D eigenvalue weighted by atomic mass is 9.82. The fourth-order valence-electron chi connectivity index (χ4n) is 3.54. The van der Waals surface area contributed by atoms with Crippen LogP contribution in [0.4, 0.5) is 0 Å². The molecule has 24 heavy (non-hydrogen) atoms. The number of allylic oxidation sites excluding steroid dienone is 1. The van der Waals surface area contributed by atoms with Gasteiger partial charge in [0.25, 0.3) is 0 Å². The van der Waals surface area contributed by atoms with E-state index in [0.29, 0.717) is 17.9 Å². The van der Waals surface area contributed by atoms with Crippen molar-refractivity contribution in [3.63, 3.8) is 0 Å². The molecule has 0 N–H and O–H groups in total. The molecule has 2 rings (SSSR count). The molecule has 1 saturated carbocycles. The Bertz CT molecular complexity index is 590. The van der Waals surface area contributed by atoms with Crippen molar-refractivity contribution in [3.05, 3.63) is 11.3 Å². The largest absolute Gasteiger partial charge is 0.529 e. The van der Waals surface area contributed by atoms with E-state index in [9.17, 15) is 14.0 Å². The van der Waals surface area contributed by atoms with Crippen molar-refractivity contribution in [1.29, 1.82) is 5.26 Å². The average molecular weight is 375 g/mol. The van der Waals surface area contributed by atoms with Gasteiger partial charge in [-0.3, -0.25) is 13.3 Å². The van der Waals surface area contributed by atoms with Crippen molar-refractivity contribution >= 4 is 18.6 Å². The Morgan fingerprint density at radius 1 is 1.29 bits per heavy atom. The van der Waals surface area contributed by atoms with Gasteiger partial charge in [0.05, 0.1) is 25.2 Å². The number of fused-ring (bicyclic) bond motifs is 1. The quantitative estimate of drug-likeness (QED) is 0.598. The van der Waals surface area contributed by atoms with Crippen molar-refractivity contribution in [1.82, 2.24) is 0 Å². The van der Waals surface area contributed by atoms with Gasteiger partial charge in [0.15, 0.2) is 0 Å². The second-order valence-corrected chi connectivity index (χ2v) is 9.35. The van der Waals surface area contributed by atoms with E-state index in [2.05, 4.69) is 6.07 Å². The molecule has 2 aliphatic rings. The Balaban J connectivity index is 2.44. The highest BCUT2D eigenvalue weighted by molar-refractivity contribution is 7.85. The second-order valence-electron chi connectivity index (χ2n) is 5.91. The van der Waals surface area contributed by atoms with Gasteiger partial charge in [-0.05, 0) is 51.0 Å². The van der Waals surface area contributed by atoms with Gasteiger partial charge in [-0.2, -0.15) is 5.26 Å². The molecule has 1 fully saturated rings. The highest BCUT2D eigenvalue weighted by Crippen LogP contribution is 2.56. The van der Waals surface area contributed by atoms with Crippen LogP contribution in [0, 0.1) is 23.2 Å². The summed E-state index contributed by atoms with van der Waals surface area (Å²) in [5.74, 6) is 0.692. The zero-order valence-corrected chi connectivity index (χ0v) is 16.2. The van der Waals surface area contributed by atoms with Crippen LogP contribution in [0.5, 0.6) is 0 Å². The number of rotatable bonds is 8. The van der Waals surface area contributed by atoms with Crippen molar-refractivity contribution in [2.45, 2.75) is 51.7 Å². The maximum Gasteiger partial charge on any atom is 0.529 e. The van der Waals surface area contributed by atoms with E-state index in [0.717, 1.165) is 24.8 Å². The summed E-state index contributed by atoms with van der Waals surface area (Å²) in [7, 11) is -5.03. The number of nitrogens with zero attached hydrogens (tertiary/aromatic N) is 1. The molecule has 0 amide bonds. The van der Waals surface area contributed by atoms with E-state index >= 15 is 0 Å². The maximum absolute atomic E-state index is 12.8. The first-order valence-corrected chi connectivity index (χ1v) is 11.4. The van der Waals surface area contributed by atoms with E-state index in [1.807, 2.05) is 6.92 Å². The van der Waals surface area contributed by atoms with Crippen molar-refractivity contribution < 1.29 is 22.3 Å². The van der Waals surface area contributed by atoms with E-state index in [4.69, 9.17) is 13.6 Å². The monoisotopic (exact) mass is 375 g/mol. The number of nitriles is 1. The normalized spacial score (nSPS) is 28.3. The molecule has 0 aromatic rings. The molecule has 0 saturated heterocycles. The van der Waals surface area contributed by atoms with Crippen LogP contribution >= 0.6 is 7.82 Å². The Morgan fingerprint density at radius 2 is 1.96 bits per heavy atom. The molecule has 0 aromatic heterocycles. The minimum Gasteiger partial charge on any atom is -0.407 e. The van der Waals surface area contributed by atoms with Gasteiger partial charge >= 0.3 is 7.82 Å². The van der Waals surface area contributed by atoms with Gasteiger partial charge in [0.2, 0.25) is 0 Å². The predicted molar refractivity (Wildman–Crippen MR) is 92.5 cm³/mol. The highest BCUT2D eigenvalue weighted by Gasteiger charge is 2.45. The molecule has 8 heteroatoms. The van der Waals surface area contributed by atoms with Crippen LogP contribution in [-0.4, -0.2) is 28.4 Å². The number of hydrogen-bond acceptors (Lipinski definition) is 6. The third-order valence-corrected chi connectivity index (χ3v) is 7.74. The van der Waals surface area contributed by atoms with Gasteiger partial charge < -0.3 is 4.52 Å². The van der Waals surface area contributed by atoms with Crippen molar-refractivity contribution in [3.8, 4) is 6.07 Å². The lowest BCUT2D eigenvalue weighted by molar-refractivity contribution is 0.138. The molecule has 2 unspecified atom stereocenters. The molecular weight excluding hydrogens is 349 g/mol. The SMILES string of the molecule is CCOP(=O)(OCC)OC1=C2CCC[C@@H]2C[C@H](C#N)C1S(=O)CC. The molecule has 0 spiro atoms. The smallest absolute Gasteiger partial charge is 0.407 e. The van der Waals surface area contributed by atoms with Crippen LogP contribution in [0.3, 0.4) is 0 Å². The van der Waals surface area contributed by atoms with E-state index in [-0.39, 0.29) is 19.1 Å². The van der Waals surface area contributed by atoms with E-state index in [1.165, 1.54) is 0 Å². The highest BCUT2D eigenvalue weighted by atomic mass is 32.2. The van der Waals surface area contributed by atoms with Gasteiger partial charge in [0.1, 0.15) is 11.0 Å². The Hall–Kier alpha value is -0.670. The van der Waals surface area contributed by atoms with Gasteiger partial charge in [-0.25, -0.2) is 4.57 Å². The molecule has 0 aliphatic heterocycles. The fourth-order valence-corrected chi connectivity index (χ4v) is 6.23. The standard InChI is InChI=1S/C16H26NO5PS/c1-4-20-23(18,21-5-2)22-15-14-9-7-8-12(14)10-13(11-17)16(15)24(19)6-3/h12-13,16H,4-10H2,1-3H3/t12-,13-,16?,24?/m1/s1. The summed E-state index contributed by atoms with van der Waals surface area (Å²) >= 11 is 0.